The van der Waals surface area contributed by atoms with Crippen LogP contribution in [-0.2, 0) is 5.41 Å². The van der Waals surface area contributed by atoms with Crippen molar-refractivity contribution < 1.29 is 14.6 Å². The maximum atomic E-state index is 11.4. The molecular weight excluding hydrogens is 336 g/mol. The topological polar surface area (TPSA) is 38.7 Å². The van der Waals surface area contributed by atoms with Crippen molar-refractivity contribution in [3.8, 4) is 11.5 Å². The Morgan fingerprint density at radius 3 is 1.78 bits per heavy atom. The molecule has 3 heteroatoms. The molecule has 0 spiro atoms. The molecule has 0 fully saturated rings. The summed E-state index contributed by atoms with van der Waals surface area (Å²) in [5, 5.41) is 11.4. The smallest absolute Gasteiger partial charge is 0.165 e. The second-order valence-electron chi connectivity index (χ2n) is 6.51. The van der Waals surface area contributed by atoms with Crippen LogP contribution in [0.25, 0.3) is 0 Å². The molecule has 3 aromatic carbocycles. The normalized spacial score (nSPS) is 12.4. The molecule has 0 aliphatic rings. The Labute approximate surface area is 161 Å². The van der Waals surface area contributed by atoms with Gasteiger partial charge >= 0.3 is 0 Å². The first-order chi connectivity index (χ1) is 13.2. The molecule has 1 unspecified atom stereocenters. The van der Waals surface area contributed by atoms with Crippen molar-refractivity contribution in [3.63, 3.8) is 0 Å². The van der Waals surface area contributed by atoms with E-state index in [1.807, 2.05) is 61.5 Å². The second kappa shape index (κ2) is 8.28. The average Bonchev–Trinajstić information content (AvgIpc) is 2.75. The summed E-state index contributed by atoms with van der Waals surface area (Å²) in [5.41, 5.74) is 2.13. The summed E-state index contributed by atoms with van der Waals surface area (Å²) in [5.74, 6) is 1.29. The molecule has 140 valence electrons. The van der Waals surface area contributed by atoms with Crippen LogP contribution in [0, 0.1) is 0 Å². The van der Waals surface area contributed by atoms with Crippen molar-refractivity contribution in [2.24, 2.45) is 0 Å². The first kappa shape index (κ1) is 19.0. The Hall–Kier alpha value is -2.78. The highest BCUT2D eigenvalue weighted by Crippen LogP contribution is 2.49. The lowest BCUT2D eigenvalue weighted by atomic mass is 9.64. The predicted octanol–water partition coefficient (Wildman–Crippen LogP) is 4.81. The zero-order chi connectivity index (χ0) is 19.3. The van der Waals surface area contributed by atoms with Crippen molar-refractivity contribution in [1.82, 2.24) is 0 Å². The Morgan fingerprint density at radius 1 is 0.778 bits per heavy atom. The third-order valence-electron chi connectivity index (χ3n) is 5.17. The Balaban J connectivity index is 2.45. The lowest BCUT2D eigenvalue weighted by Gasteiger charge is -2.40. The minimum Gasteiger partial charge on any atom is -0.493 e. The first-order valence-electron chi connectivity index (χ1n) is 9.20. The molecule has 0 aliphatic carbocycles. The van der Waals surface area contributed by atoms with Crippen LogP contribution in [0.1, 0.15) is 30.0 Å². The van der Waals surface area contributed by atoms with E-state index in [0.717, 1.165) is 16.7 Å². The standard InChI is InChI=1S/C24H26O3/c1-4-22(25)24(18-12-7-5-8-13-18,19-14-9-6-10-15-19)20-16-11-17-21(26-2)23(20)27-3/h5-17,22,25H,4H2,1-3H3. The molecule has 1 N–H and O–H groups in total. The number of benzene rings is 3. The van der Waals surface area contributed by atoms with Crippen LogP contribution in [0.4, 0.5) is 0 Å². The summed E-state index contributed by atoms with van der Waals surface area (Å²) in [7, 11) is 3.27. The summed E-state index contributed by atoms with van der Waals surface area (Å²) < 4.78 is 11.3. The van der Waals surface area contributed by atoms with E-state index < -0.39 is 11.5 Å². The van der Waals surface area contributed by atoms with Crippen molar-refractivity contribution in [2.45, 2.75) is 24.9 Å². The van der Waals surface area contributed by atoms with Gasteiger partial charge in [0.1, 0.15) is 0 Å². The van der Waals surface area contributed by atoms with Crippen LogP contribution in [0.15, 0.2) is 78.9 Å². The van der Waals surface area contributed by atoms with E-state index >= 15 is 0 Å². The van der Waals surface area contributed by atoms with Gasteiger partial charge in [0.15, 0.2) is 11.5 Å². The molecular formula is C24H26O3. The molecule has 27 heavy (non-hydrogen) atoms. The summed E-state index contributed by atoms with van der Waals surface area (Å²) in [6, 6.07) is 26.1. The van der Waals surface area contributed by atoms with Gasteiger partial charge in [-0.1, -0.05) is 79.7 Å². The van der Waals surface area contributed by atoms with E-state index in [0.29, 0.717) is 17.9 Å². The minimum atomic E-state index is -0.781. The molecule has 0 saturated heterocycles. The van der Waals surface area contributed by atoms with E-state index in [-0.39, 0.29) is 0 Å². The Kier molecular flexibility index (Phi) is 5.82. The molecule has 0 bridgehead atoms. The van der Waals surface area contributed by atoms with E-state index in [9.17, 15) is 5.11 Å². The molecule has 1 atom stereocenters. The van der Waals surface area contributed by atoms with Crippen LogP contribution in [0.3, 0.4) is 0 Å². The fourth-order valence-corrected chi connectivity index (χ4v) is 3.95. The molecule has 0 radical (unpaired) electrons. The summed E-state index contributed by atoms with van der Waals surface area (Å²) in [4.78, 5) is 0. The van der Waals surface area contributed by atoms with Gasteiger partial charge in [-0.05, 0) is 23.6 Å². The number of para-hydroxylation sites is 1. The fourth-order valence-electron chi connectivity index (χ4n) is 3.95. The zero-order valence-electron chi connectivity index (χ0n) is 16.1. The fraction of sp³-hybridized carbons (Fsp3) is 0.250. The monoisotopic (exact) mass is 362 g/mol. The quantitative estimate of drug-likeness (QED) is 0.613. The average molecular weight is 362 g/mol. The summed E-state index contributed by atoms with van der Waals surface area (Å²) >= 11 is 0. The van der Waals surface area contributed by atoms with Crippen LogP contribution in [0.5, 0.6) is 11.5 Å². The number of aliphatic hydroxyl groups is 1. The molecule has 0 amide bonds. The third kappa shape index (κ3) is 3.19. The number of hydrogen-bond acceptors (Lipinski definition) is 3. The van der Waals surface area contributed by atoms with Crippen LogP contribution < -0.4 is 9.47 Å². The van der Waals surface area contributed by atoms with E-state index in [1.54, 1.807) is 14.2 Å². The highest BCUT2D eigenvalue weighted by atomic mass is 16.5. The van der Waals surface area contributed by atoms with Crippen molar-refractivity contribution in [2.75, 3.05) is 14.2 Å². The maximum absolute atomic E-state index is 11.4. The molecule has 0 aliphatic heterocycles. The van der Waals surface area contributed by atoms with Gasteiger partial charge in [-0.2, -0.15) is 0 Å². The molecule has 3 aromatic rings. The third-order valence-corrected chi connectivity index (χ3v) is 5.17. The largest absolute Gasteiger partial charge is 0.493 e. The second-order valence-corrected chi connectivity index (χ2v) is 6.51. The van der Waals surface area contributed by atoms with Crippen LogP contribution >= 0.6 is 0 Å². The number of hydrogen-bond donors (Lipinski definition) is 1. The highest BCUT2D eigenvalue weighted by molar-refractivity contribution is 5.60. The summed E-state index contributed by atoms with van der Waals surface area (Å²) in [6.07, 6.45) is -0.0623. The maximum Gasteiger partial charge on any atom is 0.165 e. The predicted molar refractivity (Wildman–Crippen MR) is 109 cm³/mol. The van der Waals surface area contributed by atoms with Gasteiger partial charge < -0.3 is 14.6 Å². The number of rotatable bonds is 7. The van der Waals surface area contributed by atoms with Gasteiger partial charge in [-0.15, -0.1) is 0 Å². The van der Waals surface area contributed by atoms with Gasteiger partial charge in [0.2, 0.25) is 0 Å². The van der Waals surface area contributed by atoms with Gasteiger partial charge in [0, 0.05) is 5.56 Å². The number of aliphatic hydroxyl groups excluding tert-OH is 1. The van der Waals surface area contributed by atoms with E-state index in [2.05, 4.69) is 24.3 Å². The van der Waals surface area contributed by atoms with Crippen molar-refractivity contribution >= 4 is 0 Å². The van der Waals surface area contributed by atoms with Crippen LogP contribution in [-0.4, -0.2) is 25.4 Å². The Bertz CT molecular complexity index is 820. The first-order valence-corrected chi connectivity index (χ1v) is 9.20. The number of ether oxygens (including phenoxy) is 2. The van der Waals surface area contributed by atoms with Crippen LogP contribution in [0.2, 0.25) is 0 Å². The molecule has 0 heterocycles. The van der Waals surface area contributed by atoms with E-state index in [1.165, 1.54) is 0 Å². The van der Waals surface area contributed by atoms with Gasteiger partial charge in [0.05, 0.1) is 25.7 Å². The molecule has 3 nitrogen and oxygen atoms in total. The zero-order valence-corrected chi connectivity index (χ0v) is 16.1. The van der Waals surface area contributed by atoms with Gasteiger partial charge in [-0.3, -0.25) is 0 Å². The molecule has 0 aromatic heterocycles. The molecule has 0 saturated carbocycles. The van der Waals surface area contributed by atoms with Crippen molar-refractivity contribution in [1.29, 1.82) is 0 Å². The lowest BCUT2D eigenvalue weighted by molar-refractivity contribution is 0.115. The summed E-state index contributed by atoms with van der Waals surface area (Å²) in [6.45, 7) is 2.00. The van der Waals surface area contributed by atoms with Gasteiger partial charge in [0.25, 0.3) is 0 Å². The van der Waals surface area contributed by atoms with Gasteiger partial charge in [-0.25, -0.2) is 0 Å². The van der Waals surface area contributed by atoms with E-state index in [4.69, 9.17) is 9.47 Å². The SMILES string of the molecule is CCC(O)C(c1ccccc1)(c1ccccc1)c1cccc(OC)c1OC. The molecule has 3 rings (SSSR count). The Morgan fingerprint density at radius 2 is 1.33 bits per heavy atom. The highest BCUT2D eigenvalue weighted by Gasteiger charge is 2.44. The number of methoxy groups -OCH3 is 2. The minimum absolute atomic E-state index is 0.587. The van der Waals surface area contributed by atoms with Crippen molar-refractivity contribution in [3.05, 3.63) is 95.6 Å². The lowest BCUT2D eigenvalue weighted by Crippen LogP contribution is -2.42.